The lowest BCUT2D eigenvalue weighted by atomic mass is 9.57. The Morgan fingerprint density at radius 3 is 2.85 bits per heavy atom. The molecule has 6 atom stereocenters. The lowest BCUT2D eigenvalue weighted by Gasteiger charge is -2.45. The van der Waals surface area contributed by atoms with Crippen LogP contribution in [-0.4, -0.2) is 17.1 Å². The largest absolute Gasteiger partial charge is 0.462 e. The van der Waals surface area contributed by atoms with Crippen molar-refractivity contribution in [3.8, 4) is 0 Å². The first-order chi connectivity index (χ1) is 12.5. The average Bonchev–Trinajstić information content (AvgIpc) is 2.93. The number of cyclic esters (lactones) is 1. The van der Waals surface area contributed by atoms with Crippen molar-refractivity contribution in [3.05, 3.63) is 35.7 Å². The molecule has 1 aromatic rings. The van der Waals surface area contributed by atoms with Crippen LogP contribution < -0.4 is 0 Å². The molecule has 1 saturated heterocycles. The average molecular weight is 354 g/mol. The van der Waals surface area contributed by atoms with Gasteiger partial charge in [-0.05, 0) is 61.6 Å². The summed E-state index contributed by atoms with van der Waals surface area (Å²) in [5.74, 6) is 2.75. The molecule has 3 nitrogen and oxygen atoms in total. The molecule has 0 amide bonds. The Balaban J connectivity index is 1.63. The van der Waals surface area contributed by atoms with E-state index in [-0.39, 0.29) is 18.0 Å². The Kier molecular flexibility index (Phi) is 4.90. The van der Waals surface area contributed by atoms with E-state index in [1.165, 1.54) is 25.7 Å². The molecular weight excluding hydrogens is 322 g/mol. The monoisotopic (exact) mass is 353 g/mol. The van der Waals surface area contributed by atoms with Crippen LogP contribution in [0.4, 0.5) is 0 Å². The summed E-state index contributed by atoms with van der Waals surface area (Å²) in [5.41, 5.74) is 2.17. The number of ether oxygens (including phenoxy) is 1. The summed E-state index contributed by atoms with van der Waals surface area (Å²) in [6.45, 7) is 6.44. The Labute approximate surface area is 157 Å². The quantitative estimate of drug-likeness (QED) is 0.699. The van der Waals surface area contributed by atoms with Gasteiger partial charge < -0.3 is 4.74 Å². The van der Waals surface area contributed by atoms with Crippen LogP contribution >= 0.6 is 0 Å². The number of rotatable bonds is 3. The molecule has 3 fully saturated rings. The van der Waals surface area contributed by atoms with E-state index in [1.807, 2.05) is 0 Å². The highest BCUT2D eigenvalue weighted by atomic mass is 16.6. The van der Waals surface area contributed by atoms with Crippen LogP contribution in [0.15, 0.2) is 24.3 Å². The zero-order chi connectivity index (χ0) is 18.3. The topological polar surface area (TPSA) is 39.2 Å². The highest BCUT2D eigenvalue weighted by Crippen LogP contribution is 2.53. The van der Waals surface area contributed by atoms with Gasteiger partial charge in [0, 0.05) is 11.6 Å². The van der Waals surface area contributed by atoms with Gasteiger partial charge in [0.15, 0.2) is 0 Å². The zero-order valence-corrected chi connectivity index (χ0v) is 16.2. The minimum atomic E-state index is 0.0417. The van der Waals surface area contributed by atoms with Crippen LogP contribution in [0.3, 0.4) is 0 Å². The Morgan fingerprint density at radius 2 is 2.04 bits per heavy atom. The lowest BCUT2D eigenvalue weighted by molar-refractivity contribution is -0.144. The summed E-state index contributed by atoms with van der Waals surface area (Å²) in [7, 11) is 0. The van der Waals surface area contributed by atoms with E-state index in [9.17, 15) is 4.79 Å². The Bertz CT molecular complexity index is 695. The second-order valence-corrected chi connectivity index (χ2v) is 8.85. The molecule has 140 valence electrons. The van der Waals surface area contributed by atoms with Gasteiger partial charge in [-0.2, -0.15) is 0 Å². The molecule has 2 heterocycles. The highest BCUT2D eigenvalue weighted by Gasteiger charge is 2.53. The SMILES string of the molecule is CC(C)c1cccc(/C=C/[C@H]2[C@@H]3CCCC[C@H]3C[C@H]3C(=O)O[C@H](C)[C@@H]23)n1. The fraction of sp³-hybridized carbons (Fsp3) is 0.652. The van der Waals surface area contributed by atoms with Crippen molar-refractivity contribution in [1.29, 1.82) is 0 Å². The smallest absolute Gasteiger partial charge is 0.309 e. The molecule has 3 aliphatic rings. The maximum absolute atomic E-state index is 12.4. The molecule has 26 heavy (non-hydrogen) atoms. The maximum atomic E-state index is 12.4. The Hall–Kier alpha value is -1.64. The van der Waals surface area contributed by atoms with Gasteiger partial charge in [0.25, 0.3) is 0 Å². The normalized spacial score (nSPS) is 36.8. The van der Waals surface area contributed by atoms with Crippen molar-refractivity contribution in [3.63, 3.8) is 0 Å². The number of hydrogen-bond donors (Lipinski definition) is 0. The van der Waals surface area contributed by atoms with E-state index in [0.717, 1.165) is 17.8 Å². The van der Waals surface area contributed by atoms with Crippen molar-refractivity contribution >= 4 is 12.0 Å². The second-order valence-electron chi connectivity index (χ2n) is 8.85. The summed E-state index contributed by atoms with van der Waals surface area (Å²) in [5, 5.41) is 0. The summed E-state index contributed by atoms with van der Waals surface area (Å²) in [6.07, 6.45) is 10.9. The van der Waals surface area contributed by atoms with Crippen molar-refractivity contribution in [2.45, 2.75) is 64.9 Å². The van der Waals surface area contributed by atoms with Crippen molar-refractivity contribution in [2.24, 2.45) is 29.6 Å². The van der Waals surface area contributed by atoms with Gasteiger partial charge in [-0.3, -0.25) is 9.78 Å². The highest BCUT2D eigenvalue weighted by molar-refractivity contribution is 5.75. The van der Waals surface area contributed by atoms with E-state index in [2.05, 4.69) is 51.1 Å². The summed E-state index contributed by atoms with van der Waals surface area (Å²) >= 11 is 0. The third-order valence-corrected chi connectivity index (χ3v) is 6.95. The van der Waals surface area contributed by atoms with Crippen molar-refractivity contribution in [2.75, 3.05) is 0 Å². The molecule has 1 aromatic heterocycles. The lowest BCUT2D eigenvalue weighted by Crippen LogP contribution is -2.42. The van der Waals surface area contributed by atoms with Crippen molar-refractivity contribution < 1.29 is 9.53 Å². The number of pyridine rings is 1. The number of nitrogens with zero attached hydrogens (tertiary/aromatic N) is 1. The zero-order valence-electron chi connectivity index (χ0n) is 16.2. The van der Waals surface area contributed by atoms with Gasteiger partial charge in [-0.25, -0.2) is 0 Å². The number of esters is 1. The van der Waals surface area contributed by atoms with E-state index < -0.39 is 0 Å². The number of allylic oxidation sites excluding steroid dienone is 1. The molecular formula is C23H31NO2. The molecule has 0 radical (unpaired) electrons. The molecule has 0 aromatic carbocycles. The van der Waals surface area contributed by atoms with Crippen LogP contribution in [-0.2, 0) is 9.53 Å². The maximum Gasteiger partial charge on any atom is 0.309 e. The van der Waals surface area contributed by atoms with Crippen LogP contribution in [0.5, 0.6) is 0 Å². The standard InChI is InChI=1S/C23H31NO2/c1-14(2)21-10-6-8-17(24-21)11-12-19-18-9-5-4-7-16(18)13-20-22(19)15(3)26-23(20)25/h6,8,10-12,14-16,18-20,22H,4-5,7,9,13H2,1-3H3/b12-11+/t15-,16+,18-,19+,20-,22+/m1/s1. The minimum Gasteiger partial charge on any atom is -0.462 e. The van der Waals surface area contributed by atoms with Gasteiger partial charge in [0.1, 0.15) is 6.10 Å². The van der Waals surface area contributed by atoms with Gasteiger partial charge in [-0.1, -0.05) is 45.3 Å². The van der Waals surface area contributed by atoms with E-state index in [4.69, 9.17) is 9.72 Å². The molecule has 4 rings (SSSR count). The van der Waals surface area contributed by atoms with Gasteiger partial charge in [-0.15, -0.1) is 0 Å². The van der Waals surface area contributed by atoms with Gasteiger partial charge in [0.05, 0.1) is 11.6 Å². The number of fused-ring (bicyclic) bond motifs is 2. The number of carbonyl (C=O) groups excluding carboxylic acids is 1. The molecule has 3 heteroatoms. The third kappa shape index (κ3) is 3.21. The third-order valence-electron chi connectivity index (χ3n) is 6.95. The molecule has 1 aliphatic heterocycles. The molecule has 2 saturated carbocycles. The fourth-order valence-corrected chi connectivity index (χ4v) is 5.68. The summed E-state index contributed by atoms with van der Waals surface area (Å²) in [6, 6.07) is 6.28. The molecule has 0 N–H and O–H groups in total. The first-order valence-corrected chi connectivity index (χ1v) is 10.4. The molecule has 0 unspecified atom stereocenters. The molecule has 0 spiro atoms. The minimum absolute atomic E-state index is 0.0417. The molecule has 0 bridgehead atoms. The first kappa shape index (κ1) is 17.8. The van der Waals surface area contributed by atoms with E-state index in [0.29, 0.717) is 29.6 Å². The summed E-state index contributed by atoms with van der Waals surface area (Å²) < 4.78 is 5.66. The predicted octanol–water partition coefficient (Wildman–Crippen LogP) is 5.22. The predicted molar refractivity (Wildman–Crippen MR) is 103 cm³/mol. The van der Waals surface area contributed by atoms with E-state index in [1.54, 1.807) is 0 Å². The van der Waals surface area contributed by atoms with Crippen LogP contribution in [0.25, 0.3) is 6.08 Å². The second kappa shape index (κ2) is 7.17. The number of hydrogen-bond acceptors (Lipinski definition) is 3. The van der Waals surface area contributed by atoms with Gasteiger partial charge >= 0.3 is 5.97 Å². The summed E-state index contributed by atoms with van der Waals surface area (Å²) in [4.78, 5) is 17.2. The van der Waals surface area contributed by atoms with E-state index >= 15 is 0 Å². The van der Waals surface area contributed by atoms with Crippen molar-refractivity contribution in [1.82, 2.24) is 4.98 Å². The number of carbonyl (C=O) groups is 1. The van der Waals surface area contributed by atoms with Crippen LogP contribution in [0.2, 0.25) is 0 Å². The number of aromatic nitrogens is 1. The molecule has 2 aliphatic carbocycles. The van der Waals surface area contributed by atoms with Gasteiger partial charge in [0.2, 0.25) is 0 Å². The first-order valence-electron chi connectivity index (χ1n) is 10.4. The Morgan fingerprint density at radius 1 is 1.23 bits per heavy atom. The van der Waals surface area contributed by atoms with Crippen LogP contribution in [0, 0.1) is 29.6 Å². The fourth-order valence-electron chi connectivity index (χ4n) is 5.68. The van der Waals surface area contributed by atoms with Crippen LogP contribution in [0.1, 0.15) is 70.2 Å².